The van der Waals surface area contributed by atoms with Crippen molar-refractivity contribution in [1.29, 1.82) is 0 Å². The van der Waals surface area contributed by atoms with Gasteiger partial charge in [-0.15, -0.1) is 0 Å². The molecule has 0 amide bonds. The molecule has 104 valence electrons. The van der Waals surface area contributed by atoms with Crippen LogP contribution in [0.1, 0.15) is 28.5 Å². The molecule has 2 aromatic rings. The summed E-state index contributed by atoms with van der Waals surface area (Å²) >= 11 is 3.53. The van der Waals surface area contributed by atoms with Crippen LogP contribution in [0.15, 0.2) is 34.9 Å². The monoisotopic (exact) mass is 333 g/mol. The number of ether oxygens (including phenoxy) is 1. The van der Waals surface area contributed by atoms with Crippen molar-refractivity contribution in [2.45, 2.75) is 25.9 Å². The summed E-state index contributed by atoms with van der Waals surface area (Å²) in [5.74, 6) is 0.939. The van der Waals surface area contributed by atoms with Gasteiger partial charge in [0.2, 0.25) is 0 Å². The summed E-state index contributed by atoms with van der Waals surface area (Å²) in [6.07, 6.45) is 2.65. The van der Waals surface area contributed by atoms with E-state index in [1.54, 1.807) is 6.20 Å². The molecule has 0 aliphatic carbocycles. The topological polar surface area (TPSA) is 42.4 Å². The maximum absolute atomic E-state index is 10.5. The van der Waals surface area contributed by atoms with Crippen LogP contribution in [0, 0.1) is 6.92 Å². The summed E-state index contributed by atoms with van der Waals surface area (Å²) in [5, 5.41) is 10.5. The van der Waals surface area contributed by atoms with Gasteiger partial charge in [-0.25, -0.2) is 0 Å². The summed E-state index contributed by atoms with van der Waals surface area (Å²) in [6, 6.07) is 7.89. The third kappa shape index (κ3) is 2.58. The molecule has 0 fully saturated rings. The predicted molar refractivity (Wildman–Crippen MR) is 81.0 cm³/mol. The first-order chi connectivity index (χ1) is 9.65. The summed E-state index contributed by atoms with van der Waals surface area (Å²) in [4.78, 5) is 4.23. The SMILES string of the molecule is Cc1ncccc1C(O)Cc1cc(Br)cc2c1OCC2. The molecule has 3 nitrogen and oxygen atoms in total. The minimum atomic E-state index is -0.564. The van der Waals surface area contributed by atoms with Gasteiger partial charge >= 0.3 is 0 Å². The molecule has 0 saturated carbocycles. The summed E-state index contributed by atoms with van der Waals surface area (Å²) in [5.41, 5.74) is 4.00. The van der Waals surface area contributed by atoms with Crippen LogP contribution in [-0.4, -0.2) is 16.7 Å². The minimum Gasteiger partial charge on any atom is -0.493 e. The van der Waals surface area contributed by atoms with Crippen LogP contribution in [0.4, 0.5) is 0 Å². The largest absolute Gasteiger partial charge is 0.493 e. The second-order valence-corrected chi connectivity index (χ2v) is 5.97. The molecular formula is C16H16BrNO2. The van der Waals surface area contributed by atoms with E-state index in [1.807, 2.05) is 25.1 Å². The fourth-order valence-electron chi connectivity index (χ4n) is 2.66. The van der Waals surface area contributed by atoms with E-state index in [2.05, 4.69) is 27.0 Å². The van der Waals surface area contributed by atoms with Gasteiger partial charge in [-0.3, -0.25) is 4.98 Å². The van der Waals surface area contributed by atoms with Crippen molar-refractivity contribution < 1.29 is 9.84 Å². The molecule has 1 aliphatic rings. The molecule has 1 aromatic heterocycles. The molecule has 3 rings (SSSR count). The van der Waals surface area contributed by atoms with Crippen LogP contribution < -0.4 is 4.74 Å². The number of benzene rings is 1. The first kappa shape index (κ1) is 13.6. The molecular weight excluding hydrogens is 318 g/mol. The normalized spacial score (nSPS) is 14.8. The highest BCUT2D eigenvalue weighted by atomic mass is 79.9. The van der Waals surface area contributed by atoms with Gasteiger partial charge in [0.25, 0.3) is 0 Å². The van der Waals surface area contributed by atoms with Gasteiger partial charge in [0.15, 0.2) is 0 Å². The number of hydrogen-bond donors (Lipinski definition) is 1. The Morgan fingerprint density at radius 2 is 2.30 bits per heavy atom. The van der Waals surface area contributed by atoms with Crippen LogP contribution in [0.25, 0.3) is 0 Å². The minimum absolute atomic E-state index is 0.536. The van der Waals surface area contributed by atoms with E-state index in [1.165, 1.54) is 5.56 Å². The van der Waals surface area contributed by atoms with E-state index >= 15 is 0 Å². The van der Waals surface area contributed by atoms with Gasteiger partial charge in [0.1, 0.15) is 5.75 Å². The first-order valence-electron chi connectivity index (χ1n) is 6.69. The van der Waals surface area contributed by atoms with Crippen LogP contribution in [0.5, 0.6) is 5.75 Å². The number of aliphatic hydroxyl groups excluding tert-OH is 1. The number of rotatable bonds is 3. The van der Waals surface area contributed by atoms with Gasteiger partial charge in [-0.05, 0) is 36.2 Å². The lowest BCUT2D eigenvalue weighted by atomic mass is 9.98. The second-order valence-electron chi connectivity index (χ2n) is 5.05. The van der Waals surface area contributed by atoms with Crippen molar-refractivity contribution >= 4 is 15.9 Å². The van der Waals surface area contributed by atoms with Crippen molar-refractivity contribution in [3.8, 4) is 5.75 Å². The number of nitrogens with zero attached hydrogens (tertiary/aromatic N) is 1. The molecule has 4 heteroatoms. The fourth-order valence-corrected chi connectivity index (χ4v) is 3.22. The lowest BCUT2D eigenvalue weighted by Gasteiger charge is -2.15. The van der Waals surface area contributed by atoms with Gasteiger partial charge in [-0.1, -0.05) is 22.0 Å². The smallest absolute Gasteiger partial charge is 0.125 e. The molecule has 20 heavy (non-hydrogen) atoms. The van der Waals surface area contributed by atoms with Gasteiger partial charge in [-0.2, -0.15) is 0 Å². The lowest BCUT2D eigenvalue weighted by Crippen LogP contribution is -2.06. The van der Waals surface area contributed by atoms with Crippen molar-refractivity contribution in [2.75, 3.05) is 6.61 Å². The van der Waals surface area contributed by atoms with E-state index in [-0.39, 0.29) is 0 Å². The van der Waals surface area contributed by atoms with Gasteiger partial charge < -0.3 is 9.84 Å². The Kier molecular flexibility index (Phi) is 3.76. The highest BCUT2D eigenvalue weighted by Crippen LogP contribution is 2.35. The average Bonchev–Trinajstić information content (AvgIpc) is 2.87. The Morgan fingerprint density at radius 3 is 3.10 bits per heavy atom. The standard InChI is InChI=1S/C16H16BrNO2/c1-10-14(3-2-5-18-10)15(19)9-12-8-13(17)7-11-4-6-20-16(11)12/h2-3,5,7-8,15,19H,4,6,9H2,1H3. The summed E-state index contributed by atoms with van der Waals surface area (Å²) < 4.78 is 6.74. The number of fused-ring (bicyclic) bond motifs is 1. The molecule has 0 saturated heterocycles. The van der Waals surface area contributed by atoms with Gasteiger partial charge in [0.05, 0.1) is 12.7 Å². The number of hydrogen-bond acceptors (Lipinski definition) is 3. The van der Waals surface area contributed by atoms with Crippen molar-refractivity contribution in [3.05, 3.63) is 57.3 Å². The third-order valence-corrected chi connectivity index (χ3v) is 4.10. The number of aryl methyl sites for hydroxylation is 1. The van der Waals surface area contributed by atoms with Crippen LogP contribution >= 0.6 is 15.9 Å². The van der Waals surface area contributed by atoms with Crippen LogP contribution in [0.3, 0.4) is 0 Å². The Labute approximate surface area is 126 Å². The Hall–Kier alpha value is -1.39. The first-order valence-corrected chi connectivity index (χ1v) is 7.48. The molecule has 1 atom stereocenters. The predicted octanol–water partition coefficient (Wildman–Crippen LogP) is 3.36. The highest BCUT2D eigenvalue weighted by molar-refractivity contribution is 9.10. The zero-order chi connectivity index (χ0) is 14.1. The van der Waals surface area contributed by atoms with Crippen LogP contribution in [-0.2, 0) is 12.8 Å². The third-order valence-electron chi connectivity index (χ3n) is 3.65. The number of aliphatic hydroxyl groups is 1. The number of halogens is 1. The Balaban J connectivity index is 1.90. The zero-order valence-corrected chi connectivity index (χ0v) is 12.9. The van der Waals surface area contributed by atoms with Crippen molar-refractivity contribution in [2.24, 2.45) is 0 Å². The lowest BCUT2D eigenvalue weighted by molar-refractivity contribution is 0.176. The summed E-state index contributed by atoms with van der Waals surface area (Å²) in [7, 11) is 0. The van der Waals surface area contributed by atoms with E-state index in [9.17, 15) is 5.11 Å². The molecule has 1 unspecified atom stereocenters. The van der Waals surface area contributed by atoms with E-state index in [0.29, 0.717) is 6.42 Å². The number of aromatic nitrogens is 1. The Bertz CT molecular complexity index is 642. The Morgan fingerprint density at radius 1 is 1.45 bits per heavy atom. The van der Waals surface area contributed by atoms with Crippen molar-refractivity contribution in [3.63, 3.8) is 0 Å². The molecule has 0 radical (unpaired) electrons. The molecule has 0 spiro atoms. The molecule has 1 aromatic carbocycles. The fraction of sp³-hybridized carbons (Fsp3) is 0.312. The maximum atomic E-state index is 10.5. The molecule has 1 N–H and O–H groups in total. The van der Waals surface area contributed by atoms with E-state index in [4.69, 9.17) is 4.74 Å². The molecule has 1 aliphatic heterocycles. The zero-order valence-electron chi connectivity index (χ0n) is 11.3. The van der Waals surface area contributed by atoms with E-state index < -0.39 is 6.10 Å². The van der Waals surface area contributed by atoms with Crippen molar-refractivity contribution in [1.82, 2.24) is 4.98 Å². The van der Waals surface area contributed by atoms with Crippen LogP contribution in [0.2, 0.25) is 0 Å². The van der Waals surface area contributed by atoms with E-state index in [0.717, 1.165) is 40.1 Å². The molecule has 0 bridgehead atoms. The quantitative estimate of drug-likeness (QED) is 0.936. The molecule has 2 heterocycles. The maximum Gasteiger partial charge on any atom is 0.125 e. The second kappa shape index (κ2) is 5.54. The highest BCUT2D eigenvalue weighted by Gasteiger charge is 2.20. The average molecular weight is 334 g/mol. The summed E-state index contributed by atoms with van der Waals surface area (Å²) in [6.45, 7) is 2.64. The van der Waals surface area contributed by atoms with Gasteiger partial charge in [0, 0.05) is 34.8 Å². The number of pyridine rings is 1.